The minimum Gasteiger partial charge on any atom is -0.481 e. The maximum absolute atomic E-state index is 13.5. The van der Waals surface area contributed by atoms with Crippen LogP contribution >= 0.6 is 0 Å². The molecule has 4 heterocycles. The lowest BCUT2D eigenvalue weighted by molar-refractivity contribution is -0.137. The number of hydrogen-bond acceptors (Lipinski definition) is 8. The molecule has 0 saturated carbocycles. The van der Waals surface area contributed by atoms with Crippen LogP contribution in [0.2, 0.25) is 0 Å². The zero-order chi connectivity index (χ0) is 27.2. The van der Waals surface area contributed by atoms with Gasteiger partial charge < -0.3 is 19.8 Å². The number of benzene rings is 1. The molecule has 1 aromatic carbocycles. The lowest BCUT2D eigenvalue weighted by Crippen LogP contribution is -2.23. The van der Waals surface area contributed by atoms with Crippen molar-refractivity contribution in [3.05, 3.63) is 60.0 Å². The fourth-order valence-corrected chi connectivity index (χ4v) is 4.29. The minimum atomic E-state index is -4.66. The molecule has 0 aliphatic carbocycles. The predicted octanol–water partition coefficient (Wildman–Crippen LogP) is 3.97. The summed E-state index contributed by atoms with van der Waals surface area (Å²) in [4.78, 5) is 16.6. The molecule has 4 aromatic heterocycles. The first-order valence-corrected chi connectivity index (χ1v) is 11.0. The van der Waals surface area contributed by atoms with Gasteiger partial charge in [0.1, 0.15) is 11.5 Å². The standard InChI is InChI=1S/C25H19F3N8O2/c1-35-19-11-31-17-5-4-13(14-9-16(25(26,27)28)22(30)32-10-14)8-15(17)21(19)36(24(35)33-12-29)18-6-7-20(37-2)34-23(18)38-3/h4-11H,1-3H3,(H2,30,32)/b33-24-. The summed E-state index contributed by atoms with van der Waals surface area (Å²) in [7, 11) is 4.64. The quantitative estimate of drug-likeness (QED) is 0.355. The highest BCUT2D eigenvalue weighted by atomic mass is 19.4. The Kier molecular flexibility index (Phi) is 5.87. The summed E-state index contributed by atoms with van der Waals surface area (Å²) >= 11 is 0. The summed E-state index contributed by atoms with van der Waals surface area (Å²) in [6.07, 6.45) is 0.0655. The molecule has 192 valence electrons. The number of pyridine rings is 3. The van der Waals surface area contributed by atoms with Crippen LogP contribution in [-0.4, -0.2) is 38.3 Å². The molecule has 0 bridgehead atoms. The minimum absolute atomic E-state index is 0.204. The second-order valence-corrected chi connectivity index (χ2v) is 8.17. The van der Waals surface area contributed by atoms with Gasteiger partial charge in [0, 0.05) is 30.3 Å². The summed E-state index contributed by atoms with van der Waals surface area (Å²) in [5.74, 6) is -0.0842. The lowest BCUT2D eigenvalue weighted by Gasteiger charge is -2.13. The van der Waals surface area contributed by atoms with E-state index in [0.29, 0.717) is 39.1 Å². The van der Waals surface area contributed by atoms with E-state index in [1.54, 1.807) is 52.7 Å². The highest BCUT2D eigenvalue weighted by molar-refractivity contribution is 6.04. The van der Waals surface area contributed by atoms with Crippen LogP contribution in [0, 0.1) is 11.5 Å². The van der Waals surface area contributed by atoms with Gasteiger partial charge in [-0.05, 0) is 29.8 Å². The van der Waals surface area contributed by atoms with Gasteiger partial charge in [-0.25, -0.2) is 4.98 Å². The summed E-state index contributed by atoms with van der Waals surface area (Å²) < 4.78 is 54.5. The maximum Gasteiger partial charge on any atom is 0.419 e. The van der Waals surface area contributed by atoms with Crippen LogP contribution in [0.4, 0.5) is 19.0 Å². The summed E-state index contributed by atoms with van der Waals surface area (Å²) in [6, 6.07) is 9.34. The highest BCUT2D eigenvalue weighted by Gasteiger charge is 2.34. The number of fused-ring (bicyclic) bond motifs is 3. The molecular formula is C25H19F3N8O2. The van der Waals surface area contributed by atoms with Gasteiger partial charge in [0.25, 0.3) is 0 Å². The Morgan fingerprint density at radius 2 is 1.82 bits per heavy atom. The highest BCUT2D eigenvalue weighted by Crippen LogP contribution is 2.36. The number of rotatable bonds is 4. The third-order valence-corrected chi connectivity index (χ3v) is 6.07. The Labute approximate surface area is 213 Å². The van der Waals surface area contributed by atoms with Crippen molar-refractivity contribution in [1.29, 1.82) is 5.26 Å². The van der Waals surface area contributed by atoms with Gasteiger partial charge in [0.2, 0.25) is 23.6 Å². The number of hydrogen-bond donors (Lipinski definition) is 1. The second-order valence-electron chi connectivity index (χ2n) is 8.17. The molecule has 0 fully saturated rings. The van der Waals surface area contributed by atoms with Crippen LogP contribution in [-0.2, 0) is 13.2 Å². The number of methoxy groups -OCH3 is 2. The third kappa shape index (κ3) is 3.92. The van der Waals surface area contributed by atoms with Crippen LogP contribution in [0.1, 0.15) is 5.56 Å². The Morgan fingerprint density at radius 1 is 1.03 bits per heavy atom. The van der Waals surface area contributed by atoms with Gasteiger partial charge >= 0.3 is 6.18 Å². The molecule has 13 heteroatoms. The number of aryl methyl sites for hydroxylation is 1. The van der Waals surface area contributed by atoms with Gasteiger partial charge in [-0.2, -0.15) is 23.4 Å². The summed E-state index contributed by atoms with van der Waals surface area (Å²) in [6.45, 7) is 0. The molecule has 0 aliphatic rings. The molecule has 0 saturated heterocycles. The van der Waals surface area contributed by atoms with Gasteiger partial charge in [0.15, 0.2) is 0 Å². The first-order chi connectivity index (χ1) is 18.2. The number of halogens is 3. The molecule has 0 radical (unpaired) electrons. The SMILES string of the molecule is COc1ccc(-n2/c(=N\C#N)n(C)c3cnc4ccc(-c5cnc(N)c(C(F)(F)F)c5)cc4c32)c(OC)n1. The fraction of sp³-hybridized carbons (Fsp3) is 0.160. The van der Waals surface area contributed by atoms with Crippen molar-refractivity contribution < 1.29 is 22.6 Å². The van der Waals surface area contributed by atoms with E-state index in [-0.39, 0.29) is 17.1 Å². The van der Waals surface area contributed by atoms with Crippen LogP contribution < -0.4 is 20.8 Å². The van der Waals surface area contributed by atoms with E-state index >= 15 is 0 Å². The Morgan fingerprint density at radius 3 is 2.50 bits per heavy atom. The largest absolute Gasteiger partial charge is 0.481 e. The summed E-state index contributed by atoms with van der Waals surface area (Å²) in [5.41, 5.74) is 7.60. The van der Waals surface area contributed by atoms with Crippen molar-refractivity contribution >= 4 is 27.8 Å². The van der Waals surface area contributed by atoms with Crippen molar-refractivity contribution in [3.63, 3.8) is 0 Å². The number of nitriles is 1. The first kappa shape index (κ1) is 24.6. The Balaban J connectivity index is 1.88. The molecule has 5 rings (SSSR count). The number of anilines is 1. The van der Waals surface area contributed by atoms with Crippen molar-refractivity contribution in [2.24, 2.45) is 12.0 Å². The van der Waals surface area contributed by atoms with E-state index in [9.17, 15) is 18.4 Å². The number of nitrogen functional groups attached to an aromatic ring is 1. The topological polar surface area (TPSA) is 129 Å². The smallest absolute Gasteiger partial charge is 0.419 e. The van der Waals surface area contributed by atoms with Crippen molar-refractivity contribution in [2.75, 3.05) is 20.0 Å². The Bertz CT molecular complexity index is 1830. The van der Waals surface area contributed by atoms with Crippen molar-refractivity contribution in [2.45, 2.75) is 6.18 Å². The molecular weight excluding hydrogens is 501 g/mol. The number of aromatic nitrogens is 5. The number of ether oxygens (including phenoxy) is 2. The van der Waals surface area contributed by atoms with E-state index in [0.717, 1.165) is 6.07 Å². The van der Waals surface area contributed by atoms with Gasteiger partial charge in [0.05, 0.1) is 42.5 Å². The molecule has 10 nitrogen and oxygen atoms in total. The average Bonchev–Trinajstić information content (AvgIpc) is 3.19. The summed E-state index contributed by atoms with van der Waals surface area (Å²) in [5, 5.41) is 10.0. The van der Waals surface area contributed by atoms with E-state index in [1.807, 2.05) is 6.19 Å². The lowest BCUT2D eigenvalue weighted by atomic mass is 10.0. The maximum atomic E-state index is 13.5. The van der Waals surface area contributed by atoms with E-state index < -0.39 is 17.6 Å². The monoisotopic (exact) mass is 520 g/mol. The van der Waals surface area contributed by atoms with Crippen molar-refractivity contribution in [1.82, 2.24) is 24.1 Å². The number of imidazole rings is 1. The number of nitrogens with zero attached hydrogens (tertiary/aromatic N) is 7. The van der Waals surface area contributed by atoms with E-state index in [4.69, 9.17) is 15.2 Å². The molecule has 0 spiro atoms. The number of nitrogens with two attached hydrogens (primary N) is 1. The zero-order valence-electron chi connectivity index (χ0n) is 20.3. The van der Waals surface area contributed by atoms with E-state index in [1.165, 1.54) is 20.4 Å². The number of alkyl halides is 3. The molecule has 0 unspecified atom stereocenters. The van der Waals surface area contributed by atoms with Gasteiger partial charge in [-0.3, -0.25) is 9.55 Å². The third-order valence-electron chi connectivity index (χ3n) is 6.07. The fourth-order valence-electron chi connectivity index (χ4n) is 4.29. The molecule has 38 heavy (non-hydrogen) atoms. The van der Waals surface area contributed by atoms with Crippen LogP contribution in [0.3, 0.4) is 0 Å². The second kappa shape index (κ2) is 9.07. The Hall–Kier alpha value is -5.12. The first-order valence-electron chi connectivity index (χ1n) is 11.0. The van der Waals surface area contributed by atoms with Gasteiger partial charge in [-0.15, -0.1) is 4.99 Å². The van der Waals surface area contributed by atoms with Crippen LogP contribution in [0.25, 0.3) is 38.8 Å². The zero-order valence-corrected chi connectivity index (χ0v) is 20.3. The van der Waals surface area contributed by atoms with E-state index in [2.05, 4.69) is 19.9 Å². The molecule has 0 amide bonds. The molecule has 5 aromatic rings. The molecule has 0 atom stereocenters. The van der Waals surface area contributed by atoms with Crippen molar-refractivity contribution in [3.8, 4) is 34.8 Å². The predicted molar refractivity (Wildman–Crippen MR) is 132 cm³/mol. The molecule has 2 N–H and O–H groups in total. The molecule has 0 aliphatic heterocycles. The normalized spacial score (nSPS) is 12.2. The van der Waals surface area contributed by atoms with Gasteiger partial charge in [-0.1, -0.05) is 6.07 Å². The average molecular weight is 520 g/mol. The van der Waals surface area contributed by atoms with Crippen LogP contribution in [0.5, 0.6) is 11.8 Å². The van der Waals surface area contributed by atoms with Crippen LogP contribution in [0.15, 0.2) is 53.8 Å².